The van der Waals surface area contributed by atoms with Crippen LogP contribution in [0.4, 0.5) is 5.69 Å². The van der Waals surface area contributed by atoms with Gasteiger partial charge in [0.25, 0.3) is 11.8 Å². The summed E-state index contributed by atoms with van der Waals surface area (Å²) < 4.78 is 5.37. The second-order valence-electron chi connectivity index (χ2n) is 7.42. The van der Waals surface area contributed by atoms with Crippen LogP contribution in [0.5, 0.6) is 5.75 Å². The Bertz CT molecular complexity index is 795. The number of piperidine rings is 1. The first-order valence-corrected chi connectivity index (χ1v) is 8.67. The van der Waals surface area contributed by atoms with E-state index in [1.54, 1.807) is 23.1 Å². The van der Waals surface area contributed by atoms with Crippen molar-refractivity contribution in [2.45, 2.75) is 6.42 Å². The van der Waals surface area contributed by atoms with Crippen molar-refractivity contribution in [3.63, 3.8) is 0 Å². The highest BCUT2D eigenvalue weighted by Gasteiger charge is 2.55. The van der Waals surface area contributed by atoms with E-state index < -0.39 is 11.4 Å². The molecule has 0 aliphatic carbocycles. The SMILES string of the molecule is CN1CC[C@H]2CN(C(=O)c3ccc4c(c3)OCC(=O)N4)C[C@@]2(C(=O)O)C1. The van der Waals surface area contributed by atoms with Gasteiger partial charge in [-0.15, -0.1) is 0 Å². The smallest absolute Gasteiger partial charge is 0.313 e. The van der Waals surface area contributed by atoms with Crippen molar-refractivity contribution in [1.29, 1.82) is 0 Å². The Hall–Kier alpha value is -2.61. The molecule has 3 aliphatic rings. The number of carbonyl (C=O) groups is 3. The number of rotatable bonds is 2. The standard InChI is InChI=1S/C18H21N3O5/c1-20-5-4-12-7-21(10-18(12,9-20)17(24)25)16(23)11-2-3-13-14(6-11)26-8-15(22)19-13/h2-3,6,12H,4-5,7-10H2,1H3,(H,19,22)(H,24,25)/t12-,18-/m0/s1. The fourth-order valence-electron chi connectivity index (χ4n) is 4.31. The lowest BCUT2D eigenvalue weighted by Crippen LogP contribution is -2.52. The van der Waals surface area contributed by atoms with E-state index in [-0.39, 0.29) is 30.9 Å². The first-order chi connectivity index (χ1) is 12.4. The summed E-state index contributed by atoms with van der Waals surface area (Å²) in [5.74, 6) is -0.840. The highest BCUT2D eigenvalue weighted by atomic mass is 16.5. The van der Waals surface area contributed by atoms with Gasteiger partial charge in [0, 0.05) is 25.2 Å². The Balaban J connectivity index is 1.58. The first kappa shape index (κ1) is 16.8. The number of nitrogens with zero attached hydrogens (tertiary/aromatic N) is 2. The summed E-state index contributed by atoms with van der Waals surface area (Å²) in [6, 6.07) is 4.89. The number of carboxylic acids is 1. The van der Waals surface area contributed by atoms with E-state index in [4.69, 9.17) is 4.74 Å². The van der Waals surface area contributed by atoms with Crippen LogP contribution in [0.15, 0.2) is 18.2 Å². The van der Waals surface area contributed by atoms with Gasteiger partial charge in [-0.25, -0.2) is 0 Å². The summed E-state index contributed by atoms with van der Waals surface area (Å²) in [5.41, 5.74) is 0.0744. The second-order valence-corrected chi connectivity index (χ2v) is 7.42. The lowest BCUT2D eigenvalue weighted by atomic mass is 9.73. The number of amides is 2. The third-order valence-electron chi connectivity index (χ3n) is 5.68. The van der Waals surface area contributed by atoms with Crippen molar-refractivity contribution in [2.75, 3.05) is 45.2 Å². The van der Waals surface area contributed by atoms with E-state index >= 15 is 0 Å². The number of nitrogens with one attached hydrogen (secondary N) is 1. The topological polar surface area (TPSA) is 99.2 Å². The Morgan fingerprint density at radius 2 is 2.15 bits per heavy atom. The summed E-state index contributed by atoms with van der Waals surface area (Å²) in [6.07, 6.45) is 0.770. The minimum absolute atomic E-state index is 0.0340. The first-order valence-electron chi connectivity index (χ1n) is 8.67. The van der Waals surface area contributed by atoms with Crippen LogP contribution >= 0.6 is 0 Å². The molecule has 4 rings (SSSR count). The zero-order valence-electron chi connectivity index (χ0n) is 14.5. The quantitative estimate of drug-likeness (QED) is 0.798. The van der Waals surface area contributed by atoms with Gasteiger partial charge in [0.15, 0.2) is 6.61 Å². The molecule has 0 unspecified atom stereocenters. The largest absolute Gasteiger partial charge is 0.482 e. The van der Waals surface area contributed by atoms with Gasteiger partial charge >= 0.3 is 5.97 Å². The molecule has 138 valence electrons. The minimum atomic E-state index is -0.901. The fraction of sp³-hybridized carbons (Fsp3) is 0.500. The van der Waals surface area contributed by atoms with Gasteiger partial charge in [-0.3, -0.25) is 14.4 Å². The number of anilines is 1. The molecule has 1 aromatic rings. The van der Waals surface area contributed by atoms with Crippen LogP contribution < -0.4 is 10.1 Å². The molecule has 2 fully saturated rings. The van der Waals surface area contributed by atoms with E-state index in [0.29, 0.717) is 30.1 Å². The molecule has 3 heterocycles. The summed E-state index contributed by atoms with van der Waals surface area (Å²) in [6.45, 7) is 1.88. The summed E-state index contributed by atoms with van der Waals surface area (Å²) in [5, 5.41) is 12.5. The molecule has 26 heavy (non-hydrogen) atoms. The molecule has 2 N–H and O–H groups in total. The normalized spacial score (nSPS) is 28.0. The number of aliphatic carboxylic acids is 1. The maximum atomic E-state index is 13.0. The number of hydrogen-bond donors (Lipinski definition) is 2. The molecule has 0 bridgehead atoms. The van der Waals surface area contributed by atoms with Gasteiger partial charge in [0.1, 0.15) is 11.2 Å². The molecular weight excluding hydrogens is 338 g/mol. The van der Waals surface area contributed by atoms with Crippen molar-refractivity contribution >= 4 is 23.5 Å². The predicted octanol–water partition coefficient (Wildman–Crippen LogP) is 0.496. The fourth-order valence-corrected chi connectivity index (χ4v) is 4.31. The van der Waals surface area contributed by atoms with Crippen molar-refractivity contribution in [3.8, 4) is 5.75 Å². The van der Waals surface area contributed by atoms with Crippen molar-refractivity contribution in [2.24, 2.45) is 11.3 Å². The maximum Gasteiger partial charge on any atom is 0.313 e. The third-order valence-corrected chi connectivity index (χ3v) is 5.68. The van der Waals surface area contributed by atoms with Gasteiger partial charge in [0.05, 0.1) is 5.69 Å². The highest BCUT2D eigenvalue weighted by Crippen LogP contribution is 2.42. The van der Waals surface area contributed by atoms with Crippen LogP contribution in [-0.4, -0.2) is 72.5 Å². The van der Waals surface area contributed by atoms with Gasteiger partial charge in [0.2, 0.25) is 0 Å². The Labute approximate surface area is 150 Å². The number of likely N-dealkylation sites (tertiary alicyclic amines) is 2. The summed E-state index contributed by atoms with van der Waals surface area (Å²) in [7, 11) is 1.92. The van der Waals surface area contributed by atoms with Crippen LogP contribution in [0.3, 0.4) is 0 Å². The molecule has 8 nitrogen and oxygen atoms in total. The number of carbonyl (C=O) groups excluding carboxylic acids is 2. The lowest BCUT2D eigenvalue weighted by Gasteiger charge is -2.39. The molecule has 1 aromatic carbocycles. The molecular formula is C18H21N3O5. The Kier molecular flexibility index (Phi) is 3.87. The molecule has 0 aromatic heterocycles. The van der Waals surface area contributed by atoms with E-state index in [1.165, 1.54) is 0 Å². The molecule has 3 aliphatic heterocycles. The van der Waals surface area contributed by atoms with Crippen LogP contribution in [-0.2, 0) is 9.59 Å². The van der Waals surface area contributed by atoms with Gasteiger partial charge in [-0.1, -0.05) is 0 Å². The van der Waals surface area contributed by atoms with E-state index in [2.05, 4.69) is 5.32 Å². The molecule has 2 saturated heterocycles. The van der Waals surface area contributed by atoms with Crippen LogP contribution in [0.1, 0.15) is 16.8 Å². The Morgan fingerprint density at radius 3 is 2.92 bits per heavy atom. The average molecular weight is 359 g/mol. The molecule has 8 heteroatoms. The van der Waals surface area contributed by atoms with Crippen molar-refractivity contribution in [3.05, 3.63) is 23.8 Å². The zero-order chi connectivity index (χ0) is 18.5. The molecule has 0 radical (unpaired) electrons. The van der Waals surface area contributed by atoms with Gasteiger partial charge < -0.3 is 25.0 Å². The third kappa shape index (κ3) is 2.61. The van der Waals surface area contributed by atoms with E-state index in [1.807, 2.05) is 11.9 Å². The number of ether oxygens (including phenoxy) is 1. The zero-order valence-corrected chi connectivity index (χ0v) is 14.5. The van der Waals surface area contributed by atoms with Crippen molar-refractivity contribution in [1.82, 2.24) is 9.80 Å². The number of fused-ring (bicyclic) bond motifs is 2. The molecule has 0 spiro atoms. The Morgan fingerprint density at radius 1 is 1.35 bits per heavy atom. The van der Waals surface area contributed by atoms with Crippen LogP contribution in [0.2, 0.25) is 0 Å². The number of carboxylic acid groups (broad SMARTS) is 1. The lowest BCUT2D eigenvalue weighted by molar-refractivity contribution is -0.153. The summed E-state index contributed by atoms with van der Waals surface area (Å²) >= 11 is 0. The van der Waals surface area contributed by atoms with E-state index in [0.717, 1.165) is 13.0 Å². The maximum absolute atomic E-state index is 13.0. The van der Waals surface area contributed by atoms with Crippen LogP contribution in [0, 0.1) is 11.3 Å². The van der Waals surface area contributed by atoms with Crippen LogP contribution in [0.25, 0.3) is 0 Å². The molecule has 2 amide bonds. The highest BCUT2D eigenvalue weighted by molar-refractivity contribution is 5.99. The van der Waals surface area contributed by atoms with Gasteiger partial charge in [-0.2, -0.15) is 0 Å². The van der Waals surface area contributed by atoms with Gasteiger partial charge in [-0.05, 0) is 44.1 Å². The average Bonchev–Trinajstić information content (AvgIpc) is 3.00. The second kappa shape index (κ2) is 5.98. The monoisotopic (exact) mass is 359 g/mol. The number of benzene rings is 1. The number of hydrogen-bond acceptors (Lipinski definition) is 5. The molecule has 0 saturated carbocycles. The minimum Gasteiger partial charge on any atom is -0.482 e. The van der Waals surface area contributed by atoms with Crippen molar-refractivity contribution < 1.29 is 24.2 Å². The predicted molar refractivity (Wildman–Crippen MR) is 92.1 cm³/mol. The van der Waals surface area contributed by atoms with E-state index in [9.17, 15) is 19.5 Å². The molecule has 2 atom stereocenters. The summed E-state index contributed by atoms with van der Waals surface area (Å²) in [4.78, 5) is 40.0.